The Balaban J connectivity index is 1.96. The van der Waals surface area contributed by atoms with Gasteiger partial charge in [0, 0.05) is 30.6 Å². The Hall–Kier alpha value is -1.79. The molecule has 2 atom stereocenters. The van der Waals surface area contributed by atoms with Crippen molar-refractivity contribution in [1.82, 2.24) is 14.5 Å². The number of nitrogens with two attached hydrogens (primary N) is 1. The summed E-state index contributed by atoms with van der Waals surface area (Å²) in [6.45, 7) is 5.69. The number of hydrogen-bond donors (Lipinski definition) is 2. The smallest absolute Gasteiger partial charge is 0.241 e. The van der Waals surface area contributed by atoms with E-state index in [0.29, 0.717) is 12.3 Å². The fourth-order valence-corrected chi connectivity index (χ4v) is 3.77. The van der Waals surface area contributed by atoms with Gasteiger partial charge in [-0.15, -0.1) is 0 Å². The average Bonchev–Trinajstić information content (AvgIpc) is 3.09. The van der Waals surface area contributed by atoms with Gasteiger partial charge in [-0.2, -0.15) is 12.6 Å². The normalized spacial score (nSPS) is 17.8. The molecule has 0 bridgehead atoms. The van der Waals surface area contributed by atoms with E-state index in [-0.39, 0.29) is 11.9 Å². The lowest BCUT2D eigenvalue weighted by Crippen LogP contribution is -2.50. The van der Waals surface area contributed by atoms with Gasteiger partial charge in [0.2, 0.25) is 5.91 Å². The maximum atomic E-state index is 12.8. The molecule has 1 aliphatic rings. The number of aryl methyl sites for hydroxylation is 1. The van der Waals surface area contributed by atoms with Crippen LogP contribution in [0.3, 0.4) is 0 Å². The highest BCUT2D eigenvalue weighted by atomic mass is 32.1. The van der Waals surface area contributed by atoms with Gasteiger partial charge in [-0.3, -0.25) is 4.79 Å². The molecule has 0 saturated heterocycles. The average molecular weight is 373 g/mol. The number of benzene rings is 1. The zero-order chi connectivity index (χ0) is 18.7. The van der Waals surface area contributed by atoms with E-state index in [1.807, 2.05) is 17.0 Å². The molecule has 0 fully saturated rings. The zero-order valence-electron chi connectivity index (χ0n) is 15.6. The van der Waals surface area contributed by atoms with Gasteiger partial charge in [-0.1, -0.05) is 44.0 Å². The van der Waals surface area contributed by atoms with E-state index in [1.54, 1.807) is 0 Å². The summed E-state index contributed by atoms with van der Waals surface area (Å²) in [4.78, 5) is 19.6. The molecule has 0 spiro atoms. The number of amides is 1. The van der Waals surface area contributed by atoms with Crippen molar-refractivity contribution in [3.8, 4) is 11.3 Å². The van der Waals surface area contributed by atoms with Crippen molar-refractivity contribution in [3.05, 3.63) is 41.9 Å². The molecule has 1 aliphatic heterocycles. The number of thiol groups is 1. The molecule has 2 N–H and O–H groups in total. The molecule has 2 heterocycles. The lowest BCUT2D eigenvalue weighted by Gasteiger charge is -2.37. The van der Waals surface area contributed by atoms with E-state index in [0.717, 1.165) is 42.9 Å². The molecule has 5 nitrogen and oxygen atoms in total. The third-order valence-electron chi connectivity index (χ3n) is 5.11. The van der Waals surface area contributed by atoms with Crippen LogP contribution in [0.1, 0.15) is 43.6 Å². The number of fused-ring (bicyclic) bond motifs is 1. The van der Waals surface area contributed by atoms with Gasteiger partial charge in [-0.05, 0) is 18.9 Å². The largest absolute Gasteiger partial charge is 0.331 e. The first-order chi connectivity index (χ1) is 12.6. The van der Waals surface area contributed by atoms with E-state index in [2.05, 4.69) is 49.4 Å². The zero-order valence-corrected chi connectivity index (χ0v) is 16.5. The Morgan fingerprint density at radius 2 is 2.15 bits per heavy atom. The molecule has 6 heteroatoms. The summed E-state index contributed by atoms with van der Waals surface area (Å²) in [6.07, 6.45) is 5.17. The number of hydrogen-bond acceptors (Lipinski definition) is 4. The van der Waals surface area contributed by atoms with Crippen LogP contribution in [-0.2, 0) is 11.3 Å². The van der Waals surface area contributed by atoms with Crippen LogP contribution in [-0.4, -0.2) is 38.7 Å². The summed E-state index contributed by atoms with van der Waals surface area (Å²) in [7, 11) is 0. The number of nitrogens with zero attached hydrogens (tertiary/aromatic N) is 3. The Kier molecular flexibility index (Phi) is 6.04. The highest BCUT2D eigenvalue weighted by Crippen LogP contribution is 2.33. The maximum absolute atomic E-state index is 12.8. The minimum absolute atomic E-state index is 0.0140. The minimum atomic E-state index is -0.556. The topological polar surface area (TPSA) is 64.2 Å². The summed E-state index contributed by atoms with van der Waals surface area (Å²) >= 11 is 4.20. The highest BCUT2D eigenvalue weighted by Gasteiger charge is 2.34. The van der Waals surface area contributed by atoms with E-state index >= 15 is 0 Å². The van der Waals surface area contributed by atoms with E-state index in [1.165, 1.54) is 5.56 Å². The maximum Gasteiger partial charge on any atom is 0.241 e. The summed E-state index contributed by atoms with van der Waals surface area (Å²) in [5.74, 6) is 1.31. The van der Waals surface area contributed by atoms with Crippen LogP contribution >= 0.6 is 12.6 Å². The SMILES string of the molecule is CCCCC1c2nc(-c3ccccc3C)cn2CCN1C(=O)C(N)CS. The third-order valence-corrected chi connectivity index (χ3v) is 5.51. The third kappa shape index (κ3) is 3.67. The standard InChI is InChI=1S/C20H28N4OS/c1-3-4-9-18-19-22-17(15-8-6-5-7-14(15)2)12-23(19)10-11-24(18)20(25)16(21)13-26/h5-8,12,16,18,26H,3-4,9-11,13,21H2,1-2H3. The van der Waals surface area contributed by atoms with Crippen molar-refractivity contribution < 1.29 is 4.79 Å². The first-order valence-electron chi connectivity index (χ1n) is 9.36. The van der Waals surface area contributed by atoms with Gasteiger partial charge in [0.1, 0.15) is 5.82 Å². The molecule has 3 rings (SSSR count). The van der Waals surface area contributed by atoms with Crippen LogP contribution in [0.25, 0.3) is 11.3 Å². The molecular weight excluding hydrogens is 344 g/mol. The highest BCUT2D eigenvalue weighted by molar-refractivity contribution is 7.80. The van der Waals surface area contributed by atoms with Crippen molar-refractivity contribution in [3.63, 3.8) is 0 Å². The molecule has 0 saturated carbocycles. The number of carbonyl (C=O) groups is 1. The number of carbonyl (C=O) groups excluding carboxylic acids is 1. The molecule has 1 aromatic heterocycles. The van der Waals surface area contributed by atoms with Crippen molar-refractivity contribution in [2.75, 3.05) is 12.3 Å². The monoisotopic (exact) mass is 372 g/mol. The second-order valence-electron chi connectivity index (χ2n) is 6.97. The number of imidazole rings is 1. The molecular formula is C20H28N4OS. The van der Waals surface area contributed by atoms with Gasteiger partial charge in [0.05, 0.1) is 17.8 Å². The van der Waals surface area contributed by atoms with Gasteiger partial charge in [-0.25, -0.2) is 4.98 Å². The van der Waals surface area contributed by atoms with Crippen LogP contribution in [0.4, 0.5) is 0 Å². The fraction of sp³-hybridized carbons (Fsp3) is 0.500. The van der Waals surface area contributed by atoms with Gasteiger partial charge in [0.15, 0.2) is 0 Å². The summed E-state index contributed by atoms with van der Waals surface area (Å²) < 4.78 is 2.21. The molecule has 0 radical (unpaired) electrons. The lowest BCUT2D eigenvalue weighted by molar-refractivity contribution is -0.136. The molecule has 0 aliphatic carbocycles. The van der Waals surface area contributed by atoms with Crippen molar-refractivity contribution >= 4 is 18.5 Å². The first-order valence-corrected chi connectivity index (χ1v) is 10.00. The predicted molar refractivity (Wildman–Crippen MR) is 108 cm³/mol. The Morgan fingerprint density at radius 3 is 2.85 bits per heavy atom. The predicted octanol–water partition coefficient (Wildman–Crippen LogP) is 3.19. The molecule has 140 valence electrons. The van der Waals surface area contributed by atoms with Gasteiger partial charge in [0.25, 0.3) is 0 Å². The second-order valence-corrected chi connectivity index (χ2v) is 7.34. The van der Waals surface area contributed by atoms with Crippen molar-refractivity contribution in [2.45, 2.75) is 51.7 Å². The number of aromatic nitrogens is 2. The van der Waals surface area contributed by atoms with E-state index in [4.69, 9.17) is 10.7 Å². The summed E-state index contributed by atoms with van der Waals surface area (Å²) in [5.41, 5.74) is 9.31. The van der Waals surface area contributed by atoms with Crippen molar-refractivity contribution in [1.29, 1.82) is 0 Å². The van der Waals surface area contributed by atoms with Crippen LogP contribution < -0.4 is 5.73 Å². The Labute approximate surface area is 161 Å². The fourth-order valence-electron chi connectivity index (χ4n) is 3.61. The van der Waals surface area contributed by atoms with E-state index in [9.17, 15) is 4.79 Å². The molecule has 2 aromatic rings. The Morgan fingerprint density at radius 1 is 1.38 bits per heavy atom. The Bertz CT molecular complexity index is 773. The van der Waals surface area contributed by atoms with Gasteiger partial charge < -0.3 is 15.2 Å². The first kappa shape index (κ1) is 19.0. The van der Waals surface area contributed by atoms with Crippen LogP contribution in [0, 0.1) is 6.92 Å². The quantitative estimate of drug-likeness (QED) is 0.766. The number of rotatable bonds is 6. The molecule has 1 aromatic carbocycles. The van der Waals surface area contributed by atoms with Crippen LogP contribution in [0.15, 0.2) is 30.5 Å². The van der Waals surface area contributed by atoms with Crippen LogP contribution in [0.5, 0.6) is 0 Å². The van der Waals surface area contributed by atoms with Gasteiger partial charge >= 0.3 is 0 Å². The number of unbranched alkanes of at least 4 members (excludes halogenated alkanes) is 1. The molecule has 2 unspecified atom stereocenters. The van der Waals surface area contributed by atoms with Crippen LogP contribution in [0.2, 0.25) is 0 Å². The summed E-state index contributed by atoms with van der Waals surface area (Å²) in [5, 5.41) is 0. The molecule has 1 amide bonds. The van der Waals surface area contributed by atoms with Crippen molar-refractivity contribution in [2.24, 2.45) is 5.73 Å². The van der Waals surface area contributed by atoms with E-state index < -0.39 is 6.04 Å². The minimum Gasteiger partial charge on any atom is -0.331 e. The second kappa shape index (κ2) is 8.27. The lowest BCUT2D eigenvalue weighted by atomic mass is 10.0. The molecule has 26 heavy (non-hydrogen) atoms. The summed E-state index contributed by atoms with van der Waals surface area (Å²) in [6, 6.07) is 7.71.